The predicted molar refractivity (Wildman–Crippen MR) is 112 cm³/mol. The summed E-state index contributed by atoms with van der Waals surface area (Å²) in [5.41, 5.74) is 3.65. The number of amides is 1. The largest absolute Gasteiger partial charge is 0.480 e. The highest BCUT2D eigenvalue weighted by Crippen LogP contribution is 2.42. The molecule has 1 N–H and O–H groups in total. The van der Waals surface area contributed by atoms with Crippen molar-refractivity contribution in [2.45, 2.75) is 76.3 Å². The van der Waals surface area contributed by atoms with Gasteiger partial charge < -0.3 is 9.64 Å². The second kappa shape index (κ2) is 8.04. The Morgan fingerprint density at radius 2 is 2.11 bits per heavy atom. The number of ether oxygens (including phenoxy) is 1. The minimum Gasteiger partial charge on any atom is -0.480 e. The Bertz CT molecular complexity index is 696. The summed E-state index contributed by atoms with van der Waals surface area (Å²) in [4.78, 5) is 15.8. The average Bonchev–Trinajstić information content (AvgIpc) is 3.27. The fraction of sp³-hybridized carbons (Fsp3) is 0.682. The number of hydrogen-bond acceptors (Lipinski definition) is 4. The van der Waals surface area contributed by atoms with Crippen LogP contribution in [-0.2, 0) is 4.79 Å². The number of rotatable bonds is 4. The van der Waals surface area contributed by atoms with E-state index in [9.17, 15) is 4.79 Å². The lowest BCUT2D eigenvalue weighted by Crippen LogP contribution is -2.56. The molecule has 0 aromatic heterocycles. The topological polar surface area (TPSA) is 41.6 Å². The molecule has 4 atom stereocenters. The summed E-state index contributed by atoms with van der Waals surface area (Å²) in [7, 11) is 0. The summed E-state index contributed by atoms with van der Waals surface area (Å²) in [6, 6.07) is 4.28. The van der Waals surface area contributed by atoms with Crippen molar-refractivity contribution >= 4 is 17.7 Å². The maximum atomic E-state index is 13.7. The Labute approximate surface area is 167 Å². The lowest BCUT2D eigenvalue weighted by atomic mass is 9.91. The molecule has 1 aromatic carbocycles. The molecule has 3 aliphatic heterocycles. The third-order valence-corrected chi connectivity index (χ3v) is 7.65. The Hall–Kier alpha value is -1.20. The van der Waals surface area contributed by atoms with Gasteiger partial charge >= 0.3 is 0 Å². The molecule has 4 unspecified atom stereocenters. The van der Waals surface area contributed by atoms with Crippen LogP contribution in [0.5, 0.6) is 5.75 Å². The fourth-order valence-corrected chi connectivity index (χ4v) is 6.18. The molecule has 0 spiro atoms. The molecule has 3 aliphatic rings. The smallest absolute Gasteiger partial charge is 0.265 e. The zero-order valence-corrected chi connectivity index (χ0v) is 17.6. The quantitative estimate of drug-likeness (QED) is 0.847. The Kier molecular flexibility index (Phi) is 5.70. The summed E-state index contributed by atoms with van der Waals surface area (Å²) in [6.45, 7) is 8.22. The molecule has 1 aromatic rings. The Morgan fingerprint density at radius 3 is 2.81 bits per heavy atom. The average molecular weight is 389 g/mol. The molecule has 0 bridgehead atoms. The van der Waals surface area contributed by atoms with Gasteiger partial charge in [-0.3, -0.25) is 10.1 Å². The summed E-state index contributed by atoms with van der Waals surface area (Å²) >= 11 is 2.02. The molecule has 148 valence electrons. The fourth-order valence-electron chi connectivity index (χ4n) is 4.92. The molecule has 0 radical (unpaired) electrons. The van der Waals surface area contributed by atoms with Crippen LogP contribution in [-0.4, -0.2) is 47.2 Å². The predicted octanol–water partition coefficient (Wildman–Crippen LogP) is 3.99. The molecule has 2 fully saturated rings. The standard InChI is InChI=1S/C22H32N2O2S/c1-14-11-15(2)20-16(3)21(26-18(20)12-14)22(25)24(13-17-7-6-10-27-17)19-8-4-5-9-23-19/h11-12,16-17,19,21,23H,4-10,13H2,1-3H3. The van der Waals surface area contributed by atoms with Crippen LogP contribution in [0.15, 0.2) is 12.1 Å². The second-order valence-electron chi connectivity index (χ2n) is 8.41. The van der Waals surface area contributed by atoms with Gasteiger partial charge in [-0.2, -0.15) is 11.8 Å². The Morgan fingerprint density at radius 1 is 1.26 bits per heavy atom. The second-order valence-corrected chi connectivity index (χ2v) is 9.82. The number of hydrogen-bond donors (Lipinski definition) is 1. The number of nitrogens with one attached hydrogen (secondary N) is 1. The van der Waals surface area contributed by atoms with Crippen molar-refractivity contribution in [1.82, 2.24) is 10.2 Å². The van der Waals surface area contributed by atoms with Gasteiger partial charge in [0.15, 0.2) is 6.10 Å². The first-order valence-electron chi connectivity index (χ1n) is 10.5. The lowest BCUT2D eigenvalue weighted by Gasteiger charge is -2.38. The number of piperidine rings is 1. The molecule has 1 amide bonds. The number of carbonyl (C=O) groups excluding carboxylic acids is 1. The van der Waals surface area contributed by atoms with Crippen LogP contribution >= 0.6 is 11.8 Å². The van der Waals surface area contributed by atoms with Gasteiger partial charge in [-0.05, 0) is 75.4 Å². The Balaban J connectivity index is 1.56. The van der Waals surface area contributed by atoms with E-state index in [0.717, 1.165) is 25.3 Å². The van der Waals surface area contributed by atoms with Crippen LogP contribution in [0.1, 0.15) is 61.6 Å². The van der Waals surface area contributed by atoms with E-state index in [2.05, 4.69) is 43.1 Å². The molecule has 27 heavy (non-hydrogen) atoms. The number of nitrogens with zero attached hydrogens (tertiary/aromatic N) is 1. The summed E-state index contributed by atoms with van der Waals surface area (Å²) in [6.07, 6.45) is 5.71. The van der Waals surface area contributed by atoms with E-state index in [0.29, 0.717) is 5.25 Å². The van der Waals surface area contributed by atoms with E-state index >= 15 is 0 Å². The highest BCUT2D eigenvalue weighted by Gasteiger charge is 2.42. The van der Waals surface area contributed by atoms with E-state index in [1.165, 1.54) is 48.1 Å². The normalized spacial score (nSPS) is 30.0. The summed E-state index contributed by atoms with van der Waals surface area (Å²) in [5.74, 6) is 2.41. The molecule has 5 heteroatoms. The van der Waals surface area contributed by atoms with Crippen molar-refractivity contribution in [3.63, 3.8) is 0 Å². The van der Waals surface area contributed by atoms with Gasteiger partial charge in [0.1, 0.15) is 5.75 Å². The monoisotopic (exact) mass is 388 g/mol. The highest BCUT2D eigenvalue weighted by molar-refractivity contribution is 8.00. The number of fused-ring (bicyclic) bond motifs is 1. The van der Waals surface area contributed by atoms with Crippen molar-refractivity contribution in [3.8, 4) is 5.75 Å². The van der Waals surface area contributed by atoms with Crippen LogP contribution in [0.4, 0.5) is 0 Å². The first kappa shape index (κ1) is 19.1. The van der Waals surface area contributed by atoms with Gasteiger partial charge in [0.2, 0.25) is 0 Å². The van der Waals surface area contributed by atoms with E-state index in [1.807, 2.05) is 11.8 Å². The maximum absolute atomic E-state index is 13.7. The molecule has 2 saturated heterocycles. The first-order chi connectivity index (χ1) is 13.0. The molecular formula is C22H32N2O2S. The number of benzene rings is 1. The van der Waals surface area contributed by atoms with Crippen LogP contribution in [0.25, 0.3) is 0 Å². The van der Waals surface area contributed by atoms with Crippen LogP contribution in [0, 0.1) is 13.8 Å². The van der Waals surface area contributed by atoms with E-state index in [4.69, 9.17) is 4.74 Å². The van der Waals surface area contributed by atoms with Crippen molar-refractivity contribution in [2.24, 2.45) is 0 Å². The molecule has 0 saturated carbocycles. The molecular weight excluding hydrogens is 356 g/mol. The first-order valence-corrected chi connectivity index (χ1v) is 11.5. The summed E-state index contributed by atoms with van der Waals surface area (Å²) < 4.78 is 6.25. The summed E-state index contributed by atoms with van der Waals surface area (Å²) in [5, 5.41) is 4.16. The van der Waals surface area contributed by atoms with Crippen molar-refractivity contribution in [1.29, 1.82) is 0 Å². The molecule has 4 nitrogen and oxygen atoms in total. The van der Waals surface area contributed by atoms with Crippen LogP contribution in [0.3, 0.4) is 0 Å². The minimum atomic E-state index is -0.393. The van der Waals surface area contributed by atoms with Gasteiger partial charge in [0, 0.05) is 23.3 Å². The zero-order chi connectivity index (χ0) is 19.0. The van der Waals surface area contributed by atoms with Crippen molar-refractivity contribution in [3.05, 3.63) is 28.8 Å². The maximum Gasteiger partial charge on any atom is 0.265 e. The van der Waals surface area contributed by atoms with Gasteiger partial charge in [-0.25, -0.2) is 0 Å². The van der Waals surface area contributed by atoms with E-state index < -0.39 is 6.10 Å². The number of aryl methyl sites for hydroxylation is 2. The van der Waals surface area contributed by atoms with Gasteiger partial charge in [0.05, 0.1) is 6.17 Å². The highest BCUT2D eigenvalue weighted by atomic mass is 32.2. The van der Waals surface area contributed by atoms with Crippen LogP contribution in [0.2, 0.25) is 0 Å². The lowest BCUT2D eigenvalue weighted by molar-refractivity contribution is -0.142. The van der Waals surface area contributed by atoms with Gasteiger partial charge in [-0.1, -0.05) is 13.0 Å². The van der Waals surface area contributed by atoms with E-state index in [-0.39, 0.29) is 18.0 Å². The van der Waals surface area contributed by atoms with Gasteiger partial charge in [0.25, 0.3) is 5.91 Å². The zero-order valence-electron chi connectivity index (χ0n) is 16.8. The molecule has 4 rings (SSSR count). The van der Waals surface area contributed by atoms with Crippen LogP contribution < -0.4 is 10.1 Å². The number of carbonyl (C=O) groups is 1. The van der Waals surface area contributed by atoms with Gasteiger partial charge in [-0.15, -0.1) is 0 Å². The minimum absolute atomic E-state index is 0.107. The van der Waals surface area contributed by atoms with Crippen molar-refractivity contribution in [2.75, 3.05) is 18.8 Å². The van der Waals surface area contributed by atoms with E-state index in [1.54, 1.807) is 0 Å². The SMILES string of the molecule is Cc1cc(C)c2c(c1)OC(C(=O)N(CC1CCCS1)C1CCCCN1)C2C. The molecule has 0 aliphatic carbocycles. The third-order valence-electron chi connectivity index (χ3n) is 6.27. The third kappa shape index (κ3) is 3.86. The number of thioether (sulfide) groups is 1. The van der Waals surface area contributed by atoms with Crippen molar-refractivity contribution < 1.29 is 9.53 Å². The molecule has 3 heterocycles.